The van der Waals surface area contributed by atoms with Crippen molar-refractivity contribution in [2.75, 3.05) is 37.6 Å². The second kappa shape index (κ2) is 10.2. The van der Waals surface area contributed by atoms with Crippen molar-refractivity contribution in [2.45, 2.75) is 50.5 Å². The number of nitrogens with two attached hydrogens (primary N) is 1. The van der Waals surface area contributed by atoms with E-state index in [9.17, 15) is 4.39 Å². The molecule has 1 saturated heterocycles. The third-order valence-electron chi connectivity index (χ3n) is 7.86. The molecule has 2 aromatic carbocycles. The molecule has 1 aliphatic carbocycles. The molecule has 1 aromatic heterocycles. The van der Waals surface area contributed by atoms with Crippen molar-refractivity contribution in [2.24, 2.45) is 11.7 Å². The van der Waals surface area contributed by atoms with Gasteiger partial charge in [-0.3, -0.25) is 4.90 Å². The number of aromatic amines is 1. The van der Waals surface area contributed by atoms with Crippen LogP contribution < -0.4 is 10.6 Å². The Balaban J connectivity index is 1.23. The Morgan fingerprint density at radius 2 is 1.79 bits per heavy atom. The maximum atomic E-state index is 14.8. The summed E-state index contributed by atoms with van der Waals surface area (Å²) in [4.78, 5) is 12.7. The van der Waals surface area contributed by atoms with E-state index in [-0.39, 0.29) is 17.8 Å². The van der Waals surface area contributed by atoms with Crippen LogP contribution in [-0.4, -0.2) is 53.6 Å². The molecule has 5 rings (SSSR count). The third-order valence-corrected chi connectivity index (χ3v) is 7.86. The maximum Gasteiger partial charge on any atom is 0.126 e. The molecule has 0 unspecified atom stereocenters. The van der Waals surface area contributed by atoms with Crippen molar-refractivity contribution < 1.29 is 4.39 Å². The molecule has 2 fully saturated rings. The summed E-state index contributed by atoms with van der Waals surface area (Å²) >= 11 is 0. The van der Waals surface area contributed by atoms with E-state index in [1.165, 1.54) is 37.8 Å². The fourth-order valence-corrected chi connectivity index (χ4v) is 5.92. The van der Waals surface area contributed by atoms with Gasteiger partial charge in [0, 0.05) is 38.1 Å². The summed E-state index contributed by atoms with van der Waals surface area (Å²) in [6.07, 6.45) is 8.87. The van der Waals surface area contributed by atoms with E-state index >= 15 is 0 Å². The van der Waals surface area contributed by atoms with Crippen molar-refractivity contribution in [3.8, 4) is 0 Å². The lowest BCUT2D eigenvalue weighted by Crippen LogP contribution is -2.47. The lowest BCUT2D eigenvalue weighted by Gasteiger charge is -2.38. The van der Waals surface area contributed by atoms with Gasteiger partial charge in [0.15, 0.2) is 0 Å². The molecule has 1 saturated carbocycles. The van der Waals surface area contributed by atoms with Gasteiger partial charge in [-0.05, 0) is 55.5 Å². The highest BCUT2D eigenvalue weighted by Gasteiger charge is 2.31. The fourth-order valence-electron chi connectivity index (χ4n) is 5.92. The Labute approximate surface area is 196 Å². The first-order valence-electron chi connectivity index (χ1n) is 12.6. The molecule has 6 heteroatoms. The molecule has 0 spiro atoms. The molecule has 1 aliphatic heterocycles. The van der Waals surface area contributed by atoms with E-state index in [4.69, 9.17) is 5.73 Å². The number of nitrogens with one attached hydrogen (secondary N) is 1. The van der Waals surface area contributed by atoms with E-state index < -0.39 is 0 Å². The Kier molecular flexibility index (Phi) is 6.93. The standard InChI is InChI=1S/C27H36FN5/c28-23-10-5-4-9-21(23)22(26(29)20-7-2-1-3-8-20)13-14-32-15-17-33(18-16-32)25-12-6-11-24-27(25)31-19-30-24/h4-6,9-12,19-20,22,26H,1-3,7-8,13-18,29H2,(H,30,31)/t22-,26-/m1/s1. The number of aromatic nitrogens is 2. The number of anilines is 1. The Morgan fingerprint density at radius 1 is 1.00 bits per heavy atom. The first-order chi connectivity index (χ1) is 16.2. The lowest BCUT2D eigenvalue weighted by atomic mass is 9.75. The molecule has 33 heavy (non-hydrogen) atoms. The van der Waals surface area contributed by atoms with Gasteiger partial charge in [-0.1, -0.05) is 43.5 Å². The summed E-state index contributed by atoms with van der Waals surface area (Å²) in [6.45, 7) is 4.92. The molecular formula is C27H36FN5. The van der Waals surface area contributed by atoms with Crippen LogP contribution in [0, 0.1) is 11.7 Å². The van der Waals surface area contributed by atoms with Gasteiger partial charge in [-0.15, -0.1) is 0 Å². The Hall–Kier alpha value is -2.44. The van der Waals surface area contributed by atoms with Crippen molar-refractivity contribution >= 4 is 16.7 Å². The van der Waals surface area contributed by atoms with E-state index in [1.54, 1.807) is 18.5 Å². The summed E-state index contributed by atoms with van der Waals surface area (Å²) < 4.78 is 14.8. The monoisotopic (exact) mass is 449 g/mol. The summed E-state index contributed by atoms with van der Waals surface area (Å²) in [6, 6.07) is 13.6. The van der Waals surface area contributed by atoms with E-state index in [1.807, 2.05) is 12.1 Å². The fraction of sp³-hybridized carbons (Fsp3) is 0.519. The average Bonchev–Trinajstić information content (AvgIpc) is 3.35. The molecule has 0 bridgehead atoms. The van der Waals surface area contributed by atoms with Gasteiger partial charge in [-0.25, -0.2) is 9.37 Å². The number of hydrogen-bond donors (Lipinski definition) is 2. The highest BCUT2D eigenvalue weighted by Crippen LogP contribution is 2.35. The second-order valence-corrected chi connectivity index (χ2v) is 9.80. The Morgan fingerprint density at radius 3 is 2.58 bits per heavy atom. The smallest absolute Gasteiger partial charge is 0.126 e. The van der Waals surface area contributed by atoms with Crippen LogP contribution in [0.15, 0.2) is 48.8 Å². The highest BCUT2D eigenvalue weighted by atomic mass is 19.1. The number of rotatable bonds is 7. The predicted octanol–water partition coefficient (Wildman–Crippen LogP) is 4.91. The van der Waals surface area contributed by atoms with Crippen LogP contribution in [0.4, 0.5) is 10.1 Å². The van der Waals surface area contributed by atoms with Crippen LogP contribution in [-0.2, 0) is 0 Å². The number of nitrogens with zero attached hydrogens (tertiary/aromatic N) is 3. The normalized spacial score (nSPS) is 20.2. The van der Waals surface area contributed by atoms with Crippen molar-refractivity contribution in [3.05, 3.63) is 60.2 Å². The van der Waals surface area contributed by atoms with E-state index in [2.05, 4.69) is 38.0 Å². The lowest BCUT2D eigenvalue weighted by molar-refractivity contribution is 0.221. The minimum Gasteiger partial charge on any atom is -0.367 e. The van der Waals surface area contributed by atoms with Crippen LogP contribution >= 0.6 is 0 Å². The van der Waals surface area contributed by atoms with Gasteiger partial charge in [0.1, 0.15) is 11.3 Å². The molecule has 2 atom stereocenters. The highest BCUT2D eigenvalue weighted by molar-refractivity contribution is 5.88. The number of piperazine rings is 1. The first kappa shape index (κ1) is 22.4. The van der Waals surface area contributed by atoms with Gasteiger partial charge in [-0.2, -0.15) is 0 Å². The van der Waals surface area contributed by atoms with Crippen LogP contribution in [0.25, 0.3) is 11.0 Å². The van der Waals surface area contributed by atoms with Gasteiger partial charge in [0.05, 0.1) is 17.5 Å². The van der Waals surface area contributed by atoms with Crippen LogP contribution in [0.3, 0.4) is 0 Å². The van der Waals surface area contributed by atoms with Gasteiger partial charge >= 0.3 is 0 Å². The topological polar surface area (TPSA) is 61.2 Å². The van der Waals surface area contributed by atoms with Gasteiger partial charge < -0.3 is 15.6 Å². The molecule has 3 N–H and O–H groups in total. The molecule has 2 heterocycles. The van der Waals surface area contributed by atoms with E-state index in [0.29, 0.717) is 5.92 Å². The zero-order valence-electron chi connectivity index (χ0n) is 19.4. The number of imidazole rings is 1. The number of halogens is 1. The average molecular weight is 450 g/mol. The largest absolute Gasteiger partial charge is 0.367 e. The minimum atomic E-state index is -0.106. The molecule has 2 aliphatic rings. The molecule has 3 aromatic rings. The molecule has 5 nitrogen and oxygen atoms in total. The number of hydrogen-bond acceptors (Lipinski definition) is 4. The second-order valence-electron chi connectivity index (χ2n) is 9.80. The quantitative estimate of drug-likeness (QED) is 0.538. The zero-order chi connectivity index (χ0) is 22.6. The third kappa shape index (κ3) is 4.92. The van der Waals surface area contributed by atoms with Gasteiger partial charge in [0.25, 0.3) is 0 Å². The summed E-state index contributed by atoms with van der Waals surface area (Å²) in [7, 11) is 0. The number of benzene rings is 2. The molecule has 0 amide bonds. The Bertz CT molecular complexity index is 1040. The zero-order valence-corrected chi connectivity index (χ0v) is 19.4. The number of fused-ring (bicyclic) bond motifs is 1. The maximum absolute atomic E-state index is 14.8. The van der Waals surface area contributed by atoms with Crippen molar-refractivity contribution in [3.63, 3.8) is 0 Å². The molecular weight excluding hydrogens is 413 g/mol. The number of H-pyrrole nitrogens is 1. The predicted molar refractivity (Wildman–Crippen MR) is 133 cm³/mol. The van der Waals surface area contributed by atoms with Crippen LogP contribution in [0.2, 0.25) is 0 Å². The summed E-state index contributed by atoms with van der Waals surface area (Å²) in [5.74, 6) is 0.477. The SMILES string of the molecule is N[C@H](C1CCCCC1)[C@H](CCN1CCN(c2cccc3[nH]cnc23)CC1)c1ccccc1F. The molecule has 0 radical (unpaired) electrons. The van der Waals surface area contributed by atoms with Crippen molar-refractivity contribution in [1.29, 1.82) is 0 Å². The van der Waals surface area contributed by atoms with Gasteiger partial charge in [0.2, 0.25) is 0 Å². The summed E-state index contributed by atoms with van der Waals surface area (Å²) in [5, 5.41) is 0. The minimum absolute atomic E-state index is 0.0285. The first-order valence-corrected chi connectivity index (χ1v) is 12.6. The van der Waals surface area contributed by atoms with Crippen molar-refractivity contribution in [1.82, 2.24) is 14.9 Å². The molecule has 176 valence electrons. The van der Waals surface area contributed by atoms with Crippen LogP contribution in [0.1, 0.15) is 50.0 Å². The summed E-state index contributed by atoms with van der Waals surface area (Å²) in [5.41, 5.74) is 11.0. The van der Waals surface area contributed by atoms with E-state index in [0.717, 1.165) is 55.7 Å². The van der Waals surface area contributed by atoms with Crippen LogP contribution in [0.5, 0.6) is 0 Å². The number of para-hydroxylation sites is 1.